The summed E-state index contributed by atoms with van der Waals surface area (Å²) < 4.78 is 4.87. The lowest BCUT2D eigenvalue weighted by molar-refractivity contribution is -0.143. The van der Waals surface area contributed by atoms with Crippen LogP contribution in [0, 0.1) is 0 Å². The third-order valence-electron chi connectivity index (χ3n) is 4.25. The van der Waals surface area contributed by atoms with Crippen molar-refractivity contribution < 1.29 is 14.3 Å². The molecule has 5 heteroatoms. The summed E-state index contributed by atoms with van der Waals surface area (Å²) in [6.07, 6.45) is 4.19. The van der Waals surface area contributed by atoms with Gasteiger partial charge in [-0.1, -0.05) is 18.2 Å². The van der Waals surface area contributed by atoms with Crippen LogP contribution in [0.5, 0.6) is 0 Å². The molecule has 1 aromatic rings. The quantitative estimate of drug-likeness (QED) is 0.797. The average molecular weight is 300 g/mol. The van der Waals surface area contributed by atoms with Crippen LogP contribution in [-0.4, -0.2) is 54.5 Å². The lowest BCUT2D eigenvalue weighted by Crippen LogP contribution is -2.42. The van der Waals surface area contributed by atoms with Crippen LogP contribution in [0.2, 0.25) is 0 Å². The van der Waals surface area contributed by atoms with Crippen molar-refractivity contribution in [2.24, 2.45) is 0 Å². The number of likely N-dealkylation sites (tertiary alicyclic amines) is 1. The van der Waals surface area contributed by atoms with Gasteiger partial charge in [-0.2, -0.15) is 0 Å². The van der Waals surface area contributed by atoms with Gasteiger partial charge in [-0.3, -0.25) is 4.79 Å². The number of esters is 1. The van der Waals surface area contributed by atoms with E-state index in [-0.39, 0.29) is 5.91 Å². The van der Waals surface area contributed by atoms with Crippen LogP contribution in [0.25, 0.3) is 0 Å². The fourth-order valence-corrected chi connectivity index (χ4v) is 3.07. The van der Waals surface area contributed by atoms with Crippen molar-refractivity contribution >= 4 is 11.9 Å². The van der Waals surface area contributed by atoms with Crippen molar-refractivity contribution in [3.63, 3.8) is 0 Å². The number of amides is 1. The van der Waals surface area contributed by atoms with E-state index >= 15 is 0 Å². The Hall–Kier alpha value is -2.30. The molecule has 5 nitrogen and oxygen atoms in total. The standard InChI is InChI=1S/C17H20N2O3/c1-22-17(21)15-11-14(18-9-5-6-10-18)12-19(15)16(20)13-7-3-2-4-8-13/h2-4,7-8,11,15H,5-6,9-10,12H2,1H3/t15-/m0/s1. The molecule has 3 rings (SSSR count). The summed E-state index contributed by atoms with van der Waals surface area (Å²) in [7, 11) is 1.36. The van der Waals surface area contributed by atoms with Gasteiger partial charge < -0.3 is 14.5 Å². The number of rotatable bonds is 3. The molecule has 2 aliphatic rings. The summed E-state index contributed by atoms with van der Waals surface area (Å²) in [5, 5.41) is 0. The second kappa shape index (κ2) is 6.22. The molecule has 2 heterocycles. The van der Waals surface area contributed by atoms with Crippen LogP contribution in [0.15, 0.2) is 42.1 Å². The Balaban J connectivity index is 1.83. The molecular weight excluding hydrogens is 280 g/mol. The summed E-state index contributed by atoms with van der Waals surface area (Å²) in [6.45, 7) is 2.45. The van der Waals surface area contributed by atoms with Gasteiger partial charge in [0.1, 0.15) is 0 Å². The van der Waals surface area contributed by atoms with Gasteiger partial charge in [0.2, 0.25) is 0 Å². The predicted molar refractivity (Wildman–Crippen MR) is 82.2 cm³/mol. The van der Waals surface area contributed by atoms with Gasteiger partial charge in [0.25, 0.3) is 5.91 Å². The molecule has 0 spiro atoms. The Morgan fingerprint density at radius 2 is 1.82 bits per heavy atom. The summed E-state index contributed by atoms with van der Waals surface area (Å²) in [5.74, 6) is -0.528. The fraction of sp³-hybridized carbons (Fsp3) is 0.412. The molecule has 1 amide bonds. The van der Waals surface area contributed by atoms with Gasteiger partial charge in [-0.15, -0.1) is 0 Å². The lowest BCUT2D eigenvalue weighted by Gasteiger charge is -2.24. The average Bonchev–Trinajstić information content (AvgIpc) is 3.23. The first-order valence-electron chi connectivity index (χ1n) is 7.60. The van der Waals surface area contributed by atoms with Crippen molar-refractivity contribution in [3.05, 3.63) is 47.7 Å². The van der Waals surface area contributed by atoms with Crippen LogP contribution in [0.4, 0.5) is 0 Å². The maximum Gasteiger partial charge on any atom is 0.332 e. The predicted octanol–water partition coefficient (Wildman–Crippen LogP) is 1.66. The molecule has 1 atom stereocenters. The van der Waals surface area contributed by atoms with E-state index in [4.69, 9.17) is 4.74 Å². The summed E-state index contributed by atoms with van der Waals surface area (Å²) in [4.78, 5) is 28.6. The zero-order valence-corrected chi connectivity index (χ0v) is 12.7. The van der Waals surface area contributed by atoms with Crippen molar-refractivity contribution in [3.8, 4) is 0 Å². The van der Waals surface area contributed by atoms with E-state index in [9.17, 15) is 9.59 Å². The number of nitrogens with zero attached hydrogens (tertiary/aromatic N) is 2. The molecule has 0 N–H and O–H groups in total. The number of hydrogen-bond acceptors (Lipinski definition) is 4. The van der Waals surface area contributed by atoms with E-state index in [1.165, 1.54) is 7.11 Å². The SMILES string of the molecule is COC(=O)[C@@H]1C=C(N2CCCC2)CN1C(=O)c1ccccc1. The first-order valence-corrected chi connectivity index (χ1v) is 7.60. The number of benzene rings is 1. The van der Waals surface area contributed by atoms with E-state index in [1.54, 1.807) is 17.0 Å². The molecule has 0 aromatic heterocycles. The highest BCUT2D eigenvalue weighted by atomic mass is 16.5. The number of methoxy groups -OCH3 is 1. The van der Waals surface area contributed by atoms with Crippen molar-refractivity contribution in [1.82, 2.24) is 9.80 Å². The Labute approximate surface area is 130 Å². The molecule has 0 radical (unpaired) electrons. The zero-order chi connectivity index (χ0) is 15.5. The molecule has 116 valence electrons. The molecule has 22 heavy (non-hydrogen) atoms. The van der Waals surface area contributed by atoms with Crippen LogP contribution in [0.3, 0.4) is 0 Å². The molecule has 2 aliphatic heterocycles. The molecular formula is C17H20N2O3. The van der Waals surface area contributed by atoms with Gasteiger partial charge in [-0.25, -0.2) is 4.79 Å². The van der Waals surface area contributed by atoms with E-state index in [0.29, 0.717) is 12.1 Å². The Morgan fingerprint density at radius 3 is 2.45 bits per heavy atom. The molecule has 1 saturated heterocycles. The van der Waals surface area contributed by atoms with E-state index in [2.05, 4.69) is 4.90 Å². The number of hydrogen-bond donors (Lipinski definition) is 0. The van der Waals surface area contributed by atoms with E-state index < -0.39 is 12.0 Å². The number of ether oxygens (including phenoxy) is 1. The third-order valence-corrected chi connectivity index (χ3v) is 4.25. The highest BCUT2D eigenvalue weighted by molar-refractivity contribution is 5.98. The molecule has 1 fully saturated rings. The van der Waals surface area contributed by atoms with Crippen molar-refractivity contribution in [2.75, 3.05) is 26.7 Å². The minimum atomic E-state index is -0.631. The fourth-order valence-electron chi connectivity index (χ4n) is 3.07. The van der Waals surface area contributed by atoms with Crippen LogP contribution < -0.4 is 0 Å². The normalized spacial score (nSPS) is 21.0. The minimum Gasteiger partial charge on any atom is -0.467 e. The van der Waals surface area contributed by atoms with E-state index in [1.807, 2.05) is 24.3 Å². The molecule has 1 aromatic carbocycles. The first kappa shape index (κ1) is 14.6. The number of carbonyl (C=O) groups is 2. The smallest absolute Gasteiger partial charge is 0.332 e. The Kier molecular flexibility index (Phi) is 4.13. The third kappa shape index (κ3) is 2.71. The van der Waals surface area contributed by atoms with Crippen LogP contribution in [0.1, 0.15) is 23.2 Å². The van der Waals surface area contributed by atoms with Gasteiger partial charge in [-0.05, 0) is 31.1 Å². The molecule has 0 saturated carbocycles. The highest BCUT2D eigenvalue weighted by Crippen LogP contribution is 2.25. The second-order valence-corrected chi connectivity index (χ2v) is 5.62. The molecule has 0 bridgehead atoms. The monoisotopic (exact) mass is 300 g/mol. The van der Waals surface area contributed by atoms with Gasteiger partial charge in [0.15, 0.2) is 6.04 Å². The maximum atomic E-state index is 12.7. The van der Waals surface area contributed by atoms with Crippen molar-refractivity contribution in [2.45, 2.75) is 18.9 Å². The van der Waals surface area contributed by atoms with Crippen LogP contribution in [-0.2, 0) is 9.53 Å². The van der Waals surface area contributed by atoms with Gasteiger partial charge in [0, 0.05) is 24.4 Å². The Bertz CT molecular complexity index is 591. The van der Waals surface area contributed by atoms with E-state index in [0.717, 1.165) is 31.6 Å². The maximum absolute atomic E-state index is 12.7. The van der Waals surface area contributed by atoms with Crippen LogP contribution >= 0.6 is 0 Å². The minimum absolute atomic E-state index is 0.138. The van der Waals surface area contributed by atoms with Gasteiger partial charge >= 0.3 is 5.97 Å². The number of carbonyl (C=O) groups excluding carboxylic acids is 2. The summed E-state index contributed by atoms with van der Waals surface area (Å²) in [6, 6.07) is 8.42. The molecule has 0 aliphatic carbocycles. The Morgan fingerprint density at radius 1 is 1.14 bits per heavy atom. The van der Waals surface area contributed by atoms with Gasteiger partial charge in [0.05, 0.1) is 13.7 Å². The summed E-state index contributed by atoms with van der Waals surface area (Å²) >= 11 is 0. The molecule has 0 unspecified atom stereocenters. The highest BCUT2D eigenvalue weighted by Gasteiger charge is 2.37. The largest absolute Gasteiger partial charge is 0.467 e. The zero-order valence-electron chi connectivity index (χ0n) is 12.7. The first-order chi connectivity index (χ1) is 10.7. The topological polar surface area (TPSA) is 49.9 Å². The second-order valence-electron chi connectivity index (χ2n) is 5.62. The van der Waals surface area contributed by atoms with Crippen molar-refractivity contribution in [1.29, 1.82) is 0 Å². The lowest BCUT2D eigenvalue weighted by atomic mass is 10.2. The summed E-state index contributed by atoms with van der Waals surface area (Å²) in [5.41, 5.74) is 1.64.